The van der Waals surface area contributed by atoms with E-state index in [1.807, 2.05) is 43.3 Å². The zero-order chi connectivity index (χ0) is 21.6. The summed E-state index contributed by atoms with van der Waals surface area (Å²) in [6.07, 6.45) is 5.41. The Morgan fingerprint density at radius 1 is 1.06 bits per heavy atom. The van der Waals surface area contributed by atoms with Crippen LogP contribution in [-0.2, 0) is 11.2 Å². The Morgan fingerprint density at radius 2 is 1.74 bits per heavy atom. The van der Waals surface area contributed by atoms with Crippen molar-refractivity contribution in [2.75, 3.05) is 0 Å². The summed E-state index contributed by atoms with van der Waals surface area (Å²) in [4.78, 5) is 12.9. The number of carbonyl (C=O) groups excluding carboxylic acids is 1. The number of amides is 1. The van der Waals surface area contributed by atoms with E-state index in [1.165, 1.54) is 36.6 Å². The molecule has 3 aromatic rings. The van der Waals surface area contributed by atoms with Crippen LogP contribution < -0.4 is 5.32 Å². The smallest absolute Gasteiger partial charge is 0.233 e. The Balaban J connectivity index is 1.54. The third kappa shape index (κ3) is 5.37. The zero-order valence-corrected chi connectivity index (χ0v) is 19.0. The summed E-state index contributed by atoms with van der Waals surface area (Å²) in [7, 11) is 0. The van der Waals surface area contributed by atoms with Gasteiger partial charge in [-0.1, -0.05) is 80.1 Å². The molecule has 0 saturated heterocycles. The van der Waals surface area contributed by atoms with Gasteiger partial charge in [0.25, 0.3) is 0 Å². The van der Waals surface area contributed by atoms with Crippen LogP contribution in [0.1, 0.15) is 50.9 Å². The second kappa shape index (κ2) is 10.1. The first-order valence-corrected chi connectivity index (χ1v) is 12.0. The van der Waals surface area contributed by atoms with E-state index in [4.69, 9.17) is 0 Å². The summed E-state index contributed by atoms with van der Waals surface area (Å²) in [5.74, 6) is 1.49. The minimum absolute atomic E-state index is 0.0796. The Kier molecular flexibility index (Phi) is 7.07. The number of nitrogens with zero attached hydrogens (tertiary/aromatic N) is 3. The lowest BCUT2D eigenvalue weighted by Crippen LogP contribution is -2.44. The maximum Gasteiger partial charge on any atom is 0.233 e. The van der Waals surface area contributed by atoms with Crippen LogP contribution >= 0.6 is 11.8 Å². The van der Waals surface area contributed by atoms with Gasteiger partial charge in [0.2, 0.25) is 5.91 Å². The van der Waals surface area contributed by atoms with Crippen LogP contribution in [0.25, 0.3) is 5.69 Å². The van der Waals surface area contributed by atoms with Crippen LogP contribution in [0, 0.1) is 5.92 Å². The molecule has 0 radical (unpaired) electrons. The van der Waals surface area contributed by atoms with E-state index in [1.54, 1.807) is 0 Å². The predicted octanol–water partition coefficient (Wildman–Crippen LogP) is 5.03. The second-order valence-electron chi connectivity index (χ2n) is 8.37. The molecule has 1 fully saturated rings. The molecule has 1 heterocycles. The number of rotatable bonds is 7. The highest BCUT2D eigenvalue weighted by atomic mass is 32.2. The molecular weight excluding hydrogens is 404 g/mol. The number of para-hydroxylation sites is 1. The molecule has 0 bridgehead atoms. The molecule has 4 rings (SSSR count). The molecule has 1 aromatic heterocycles. The molecule has 1 saturated carbocycles. The van der Waals surface area contributed by atoms with Crippen LogP contribution in [0.3, 0.4) is 0 Å². The molecule has 2 aromatic carbocycles. The molecule has 1 N–H and O–H groups in total. The van der Waals surface area contributed by atoms with Gasteiger partial charge < -0.3 is 5.32 Å². The van der Waals surface area contributed by atoms with Gasteiger partial charge in [0.15, 0.2) is 5.16 Å². The third-order valence-corrected chi connectivity index (χ3v) is 7.05. The van der Waals surface area contributed by atoms with Crippen molar-refractivity contribution < 1.29 is 4.79 Å². The number of hydrogen-bond acceptors (Lipinski definition) is 4. The van der Waals surface area contributed by atoms with Crippen LogP contribution in [0.5, 0.6) is 0 Å². The maximum absolute atomic E-state index is 12.9. The molecule has 3 atom stereocenters. The number of nitrogens with one attached hydrogen (secondary N) is 1. The summed E-state index contributed by atoms with van der Waals surface area (Å²) in [5, 5.41) is 12.7. The zero-order valence-electron chi connectivity index (χ0n) is 18.2. The normalized spacial score (nSPS) is 19.7. The van der Waals surface area contributed by atoms with Crippen molar-refractivity contribution in [3.05, 3.63) is 72.1 Å². The monoisotopic (exact) mass is 434 g/mol. The van der Waals surface area contributed by atoms with Gasteiger partial charge in [-0.2, -0.15) is 0 Å². The first kappa shape index (κ1) is 21.6. The molecule has 1 amide bonds. The molecule has 162 valence electrons. The third-order valence-electron chi connectivity index (χ3n) is 6.01. The van der Waals surface area contributed by atoms with Crippen molar-refractivity contribution in [1.82, 2.24) is 20.1 Å². The fourth-order valence-corrected chi connectivity index (χ4v) is 5.04. The highest BCUT2D eigenvalue weighted by molar-refractivity contribution is 8.00. The van der Waals surface area contributed by atoms with E-state index in [0.717, 1.165) is 23.1 Å². The fraction of sp³-hybridized carbons (Fsp3) is 0.400. The van der Waals surface area contributed by atoms with Crippen molar-refractivity contribution in [2.45, 2.75) is 62.4 Å². The lowest BCUT2D eigenvalue weighted by atomic mass is 9.86. The van der Waals surface area contributed by atoms with Gasteiger partial charge in [0.05, 0.1) is 5.25 Å². The van der Waals surface area contributed by atoms with E-state index in [-0.39, 0.29) is 17.2 Å². The number of carbonyl (C=O) groups is 1. The Morgan fingerprint density at radius 3 is 2.45 bits per heavy atom. The number of aromatic nitrogens is 3. The van der Waals surface area contributed by atoms with Gasteiger partial charge in [-0.3, -0.25) is 9.36 Å². The van der Waals surface area contributed by atoms with E-state index >= 15 is 0 Å². The Bertz CT molecular complexity index is 989. The molecule has 31 heavy (non-hydrogen) atoms. The van der Waals surface area contributed by atoms with E-state index < -0.39 is 0 Å². The standard InChI is InChI=1S/C25H30N4OS/c1-18-11-9-10-16-22(18)26-24(30)19(2)31-25-28-27-23(17-20-12-5-3-6-13-20)29(25)21-14-7-4-8-15-21/h3-8,12-15,18-19,22H,9-11,16-17H2,1-2H3,(H,26,30). The van der Waals surface area contributed by atoms with Gasteiger partial charge in [-0.25, -0.2) is 0 Å². The predicted molar refractivity (Wildman–Crippen MR) is 125 cm³/mol. The number of thioether (sulfide) groups is 1. The van der Waals surface area contributed by atoms with Crippen LogP contribution in [0.15, 0.2) is 65.8 Å². The lowest BCUT2D eigenvalue weighted by molar-refractivity contribution is -0.121. The molecule has 0 spiro atoms. The highest BCUT2D eigenvalue weighted by Crippen LogP contribution is 2.28. The number of benzene rings is 2. The van der Waals surface area contributed by atoms with Crippen LogP contribution in [-0.4, -0.2) is 32.0 Å². The average molecular weight is 435 g/mol. The Labute approximate surface area is 188 Å². The Hall–Kier alpha value is -2.60. The van der Waals surface area contributed by atoms with E-state index in [9.17, 15) is 4.79 Å². The first-order valence-electron chi connectivity index (χ1n) is 11.1. The van der Waals surface area contributed by atoms with Crippen molar-refractivity contribution in [2.24, 2.45) is 5.92 Å². The molecule has 5 nitrogen and oxygen atoms in total. The summed E-state index contributed by atoms with van der Waals surface area (Å²) in [6, 6.07) is 20.7. The topological polar surface area (TPSA) is 59.8 Å². The van der Waals surface area contributed by atoms with Gasteiger partial charge in [0, 0.05) is 18.2 Å². The molecule has 6 heteroatoms. The van der Waals surface area contributed by atoms with Crippen molar-refractivity contribution in [3.63, 3.8) is 0 Å². The lowest BCUT2D eigenvalue weighted by Gasteiger charge is -2.30. The fourth-order valence-electron chi connectivity index (χ4n) is 4.15. The molecule has 1 aliphatic rings. The first-order chi connectivity index (χ1) is 15.1. The minimum Gasteiger partial charge on any atom is -0.352 e. The van der Waals surface area contributed by atoms with Gasteiger partial charge in [0.1, 0.15) is 5.82 Å². The highest BCUT2D eigenvalue weighted by Gasteiger charge is 2.26. The summed E-state index contributed by atoms with van der Waals surface area (Å²) in [5.41, 5.74) is 2.19. The van der Waals surface area contributed by atoms with Gasteiger partial charge in [-0.15, -0.1) is 10.2 Å². The van der Waals surface area contributed by atoms with Crippen molar-refractivity contribution in [1.29, 1.82) is 0 Å². The van der Waals surface area contributed by atoms with E-state index in [2.05, 4.69) is 51.3 Å². The van der Waals surface area contributed by atoms with E-state index in [0.29, 0.717) is 12.3 Å². The molecular formula is C25H30N4OS. The summed E-state index contributed by atoms with van der Waals surface area (Å²) >= 11 is 1.47. The average Bonchev–Trinajstić information content (AvgIpc) is 3.18. The van der Waals surface area contributed by atoms with Gasteiger partial charge >= 0.3 is 0 Å². The number of hydrogen-bond donors (Lipinski definition) is 1. The molecule has 1 aliphatic carbocycles. The minimum atomic E-state index is -0.245. The summed E-state index contributed by atoms with van der Waals surface area (Å²) < 4.78 is 2.07. The maximum atomic E-state index is 12.9. The SMILES string of the molecule is CC(Sc1nnc(Cc2ccccc2)n1-c1ccccc1)C(=O)NC1CCCCC1C. The largest absolute Gasteiger partial charge is 0.352 e. The van der Waals surface area contributed by atoms with Crippen LogP contribution in [0.2, 0.25) is 0 Å². The second-order valence-corrected chi connectivity index (χ2v) is 9.68. The molecule has 3 unspecified atom stereocenters. The quantitative estimate of drug-likeness (QED) is 0.530. The van der Waals surface area contributed by atoms with Crippen LogP contribution in [0.4, 0.5) is 0 Å². The van der Waals surface area contributed by atoms with Crippen molar-refractivity contribution in [3.8, 4) is 5.69 Å². The van der Waals surface area contributed by atoms with Gasteiger partial charge in [-0.05, 0) is 43.4 Å². The summed E-state index contributed by atoms with van der Waals surface area (Å²) in [6.45, 7) is 4.19. The molecule has 0 aliphatic heterocycles. The van der Waals surface area contributed by atoms with Crippen molar-refractivity contribution >= 4 is 17.7 Å².